The molecule has 3 aliphatic rings. The van der Waals surface area contributed by atoms with Gasteiger partial charge in [-0.2, -0.15) is 15.5 Å². The molecule has 1 saturated carbocycles. The van der Waals surface area contributed by atoms with Crippen LogP contribution in [0.2, 0.25) is 18.1 Å². The molecule has 3 fully saturated rings. The molecule has 3 aromatic rings. The van der Waals surface area contributed by atoms with E-state index in [0.717, 1.165) is 0 Å². The number of hydrogen-bond donors (Lipinski definition) is 4. The van der Waals surface area contributed by atoms with E-state index in [-0.39, 0.29) is 65.9 Å². The van der Waals surface area contributed by atoms with Gasteiger partial charge < -0.3 is 23.5 Å². The maximum Gasteiger partial charge on any atom is 0.386 e. The molecule has 1 amide bonds. The third-order valence-corrected chi connectivity index (χ3v) is 19.1. The maximum atomic E-state index is 14.1. The van der Waals surface area contributed by atoms with E-state index in [1.807, 2.05) is 19.2 Å². The van der Waals surface area contributed by atoms with Gasteiger partial charge in [0, 0.05) is 17.9 Å². The van der Waals surface area contributed by atoms with Crippen LogP contribution >= 0.6 is 25.8 Å². The van der Waals surface area contributed by atoms with Crippen molar-refractivity contribution in [3.63, 3.8) is 0 Å². The van der Waals surface area contributed by atoms with Crippen molar-refractivity contribution in [1.29, 1.82) is 10.5 Å². The molecule has 2 bridgehead atoms. The summed E-state index contributed by atoms with van der Waals surface area (Å²) in [7, 11) is -2.69. The molecule has 0 aromatic carbocycles. The molecule has 59 heavy (non-hydrogen) atoms. The standard InChI is InChI=1S/C34H48N10O10P2S2Si/c1-19(2)30(45)42-33-41-29-25(31(46)43-33)39-18-44(29)32-27-26(54-59(6,7)34(3,4)5)24(51-32)16-49-55(47,57)52-23-12-22(40-28-21(13-36)14-37-17-38-28)11-20(23)15-50-56(58,53-27)48-10-8-9-35/h14,17-20,22-24,26-27,32H,8,10-12,15-16H2,1-7H3,(H,47,57)(H,37,38,40)(H2,41,42,43,45,46)/t20-,22-,23+,24-,26-,27-,32-,55-,56-/m1/s1. The highest BCUT2D eigenvalue weighted by atomic mass is 32.7. The zero-order valence-corrected chi connectivity index (χ0v) is 38.1. The Labute approximate surface area is 352 Å². The number of aromatic amines is 1. The summed E-state index contributed by atoms with van der Waals surface area (Å²) in [6.07, 6.45) is -0.326. The Balaban J connectivity index is 1.42. The Hall–Kier alpha value is -3.15. The normalized spacial score (nSPS) is 30.4. The highest BCUT2D eigenvalue weighted by molar-refractivity contribution is 8.44. The van der Waals surface area contributed by atoms with E-state index in [4.69, 9.17) is 43.6 Å². The minimum atomic E-state index is -4.13. The number of nitrogens with zero attached hydrogens (tertiary/aromatic N) is 7. The van der Waals surface area contributed by atoms with Crippen LogP contribution < -0.4 is 16.2 Å². The van der Waals surface area contributed by atoms with Crippen LogP contribution in [0.3, 0.4) is 0 Å². The number of nitrogens with one attached hydrogen (secondary N) is 3. The second-order valence-electron chi connectivity index (χ2n) is 16.2. The van der Waals surface area contributed by atoms with Gasteiger partial charge in [-0.3, -0.25) is 38.0 Å². The van der Waals surface area contributed by atoms with E-state index in [1.165, 1.54) is 23.4 Å². The van der Waals surface area contributed by atoms with Crippen LogP contribution in [0.4, 0.5) is 11.8 Å². The van der Waals surface area contributed by atoms with Gasteiger partial charge in [0.05, 0.1) is 50.9 Å². The Morgan fingerprint density at radius 3 is 2.64 bits per heavy atom. The number of carbonyl (C=O) groups is 1. The molecule has 25 heteroatoms. The first-order valence-corrected chi connectivity index (χ1v) is 27.1. The predicted molar refractivity (Wildman–Crippen MR) is 223 cm³/mol. The Morgan fingerprint density at radius 2 is 1.95 bits per heavy atom. The first-order chi connectivity index (χ1) is 27.7. The number of carbonyl (C=O) groups excluding carboxylic acids is 1. The molecule has 20 nitrogen and oxygen atoms in total. The second kappa shape index (κ2) is 18.1. The fourth-order valence-corrected chi connectivity index (χ4v) is 11.5. The highest BCUT2D eigenvalue weighted by Crippen LogP contribution is 2.60. The number of amides is 1. The summed E-state index contributed by atoms with van der Waals surface area (Å²) in [4.78, 5) is 45.4. The quantitative estimate of drug-likeness (QED) is 0.0839. The van der Waals surface area contributed by atoms with E-state index in [0.29, 0.717) is 18.7 Å². The molecule has 0 unspecified atom stereocenters. The Morgan fingerprint density at radius 1 is 1.19 bits per heavy atom. The van der Waals surface area contributed by atoms with Gasteiger partial charge in [0.2, 0.25) is 11.9 Å². The predicted octanol–water partition coefficient (Wildman–Crippen LogP) is 5.56. The van der Waals surface area contributed by atoms with E-state index in [2.05, 4.69) is 74.6 Å². The van der Waals surface area contributed by atoms with Crippen LogP contribution in [0.5, 0.6) is 0 Å². The number of anilines is 2. The van der Waals surface area contributed by atoms with Gasteiger partial charge in [0.25, 0.3) is 5.56 Å². The van der Waals surface area contributed by atoms with Crippen molar-refractivity contribution in [2.45, 2.75) is 109 Å². The lowest BCUT2D eigenvalue weighted by molar-refractivity contribution is -0.118. The summed E-state index contributed by atoms with van der Waals surface area (Å²) in [6.45, 7) is 5.10. The monoisotopic (exact) mass is 910 g/mol. The van der Waals surface area contributed by atoms with Gasteiger partial charge >= 0.3 is 13.5 Å². The molecule has 3 aromatic heterocycles. The van der Waals surface area contributed by atoms with Gasteiger partial charge in [-0.15, -0.1) is 0 Å². The van der Waals surface area contributed by atoms with Gasteiger partial charge in [0.1, 0.15) is 42.1 Å². The number of aromatic nitrogens is 6. The second-order valence-corrected chi connectivity index (χ2v) is 26.8. The fourth-order valence-electron chi connectivity index (χ4n) is 6.51. The molecule has 9 atom stereocenters. The van der Waals surface area contributed by atoms with Crippen molar-refractivity contribution in [3.8, 4) is 12.1 Å². The number of rotatable bonds is 10. The van der Waals surface area contributed by atoms with Crippen LogP contribution in [0.1, 0.15) is 65.7 Å². The van der Waals surface area contributed by atoms with Gasteiger partial charge in [0.15, 0.2) is 25.7 Å². The number of nitriles is 2. The Bertz CT molecular complexity index is 2280. The molecule has 0 spiro atoms. The van der Waals surface area contributed by atoms with Crippen LogP contribution in [-0.2, 0) is 52.9 Å². The largest absolute Gasteiger partial charge is 0.408 e. The number of hydrogen-bond acceptors (Lipinski definition) is 18. The lowest BCUT2D eigenvalue weighted by Gasteiger charge is -2.41. The van der Waals surface area contributed by atoms with E-state index in [9.17, 15) is 24.7 Å². The first-order valence-electron chi connectivity index (χ1n) is 18.9. The molecule has 2 saturated heterocycles. The summed E-state index contributed by atoms with van der Waals surface area (Å²) in [5.41, 5.74) is -0.396. The average Bonchev–Trinajstić information content (AvgIpc) is 3.84. The lowest BCUT2D eigenvalue weighted by atomic mass is 10.1. The SMILES string of the molecule is CC(C)C(=O)Nc1nc2c(ncn2[C@@H]2O[C@@H]3CO[P@@](=O)(S)O[C@H]4C[C@H](Nc5ncncc5C#N)C[C@@H]4CO[P@](=S)(OCCC#N)O[C@@H]2[C@@H]3O[Si](C)(C)C(C)(C)C)c(=O)[nH]1. The molecule has 2 aliphatic heterocycles. The van der Waals surface area contributed by atoms with Crippen LogP contribution in [-0.4, -0.2) is 94.0 Å². The van der Waals surface area contributed by atoms with Crippen molar-refractivity contribution in [3.05, 3.63) is 34.8 Å². The average molecular weight is 911 g/mol. The summed E-state index contributed by atoms with van der Waals surface area (Å²) >= 11 is 10.5. The van der Waals surface area contributed by atoms with E-state index >= 15 is 0 Å². The summed E-state index contributed by atoms with van der Waals surface area (Å²) < 4.78 is 60.8. The van der Waals surface area contributed by atoms with Crippen LogP contribution in [0.15, 0.2) is 23.6 Å². The first kappa shape index (κ1) is 45.4. The molecule has 5 heterocycles. The van der Waals surface area contributed by atoms with Crippen molar-refractivity contribution in [1.82, 2.24) is 29.5 Å². The number of ether oxygens (including phenoxy) is 1. The summed E-state index contributed by atoms with van der Waals surface area (Å²) in [5, 5.41) is 24.6. The van der Waals surface area contributed by atoms with E-state index < -0.39 is 69.9 Å². The maximum absolute atomic E-state index is 14.1. The topological polar surface area (TPSA) is 260 Å². The van der Waals surface area contributed by atoms with Gasteiger partial charge in [-0.05, 0) is 42.8 Å². The van der Waals surface area contributed by atoms with Crippen molar-refractivity contribution >= 4 is 74.7 Å². The Kier molecular flexibility index (Phi) is 13.9. The van der Waals surface area contributed by atoms with Crippen molar-refractivity contribution in [2.75, 3.05) is 30.5 Å². The van der Waals surface area contributed by atoms with E-state index in [1.54, 1.807) is 13.8 Å². The van der Waals surface area contributed by atoms with Crippen molar-refractivity contribution < 1.29 is 41.1 Å². The number of imidazole rings is 1. The number of H-pyrrole nitrogens is 1. The zero-order chi connectivity index (χ0) is 42.9. The molecule has 3 N–H and O–H groups in total. The minimum Gasteiger partial charge on any atom is -0.408 e. The molecule has 320 valence electrons. The van der Waals surface area contributed by atoms with Gasteiger partial charge in [-0.25, -0.2) is 19.5 Å². The summed E-state index contributed by atoms with van der Waals surface area (Å²) in [5.74, 6) is -1.04. The minimum absolute atomic E-state index is 0.0239. The number of thiol groups is 1. The molecule has 6 rings (SSSR count). The smallest absolute Gasteiger partial charge is 0.386 e. The molecule has 0 radical (unpaired) electrons. The fraction of sp³-hybridized carbons (Fsp3) is 0.647. The van der Waals surface area contributed by atoms with Crippen LogP contribution in [0.25, 0.3) is 11.2 Å². The van der Waals surface area contributed by atoms with Crippen LogP contribution in [0, 0.1) is 34.5 Å². The summed E-state index contributed by atoms with van der Waals surface area (Å²) in [6, 6.07) is 3.80. The number of fused-ring (bicyclic) bond motifs is 4. The molecule has 1 aliphatic carbocycles. The third kappa shape index (κ3) is 10.5. The molecular weight excluding hydrogens is 863 g/mol. The van der Waals surface area contributed by atoms with Crippen molar-refractivity contribution in [2.24, 2.45) is 11.8 Å². The zero-order valence-electron chi connectivity index (χ0n) is 33.6. The lowest BCUT2D eigenvalue weighted by Crippen LogP contribution is -2.50. The molecular formula is C34H48N10O10P2S2Si. The third-order valence-electron chi connectivity index (χ3n) is 10.6. The van der Waals surface area contributed by atoms with Gasteiger partial charge in [-0.1, -0.05) is 46.9 Å². The highest BCUT2D eigenvalue weighted by Gasteiger charge is 2.55.